The normalized spacial score (nSPS) is 15.4. The molecule has 1 aromatic heterocycles. The first-order valence-electron chi connectivity index (χ1n) is 6.99. The number of Topliss-reactive ketones (excluding diaryl/α,β-unsaturated/α-hetero) is 1. The summed E-state index contributed by atoms with van der Waals surface area (Å²) in [5, 5.41) is 5.10. The number of rotatable bonds is 4. The third-order valence-corrected chi connectivity index (χ3v) is 4.18. The van der Waals surface area contributed by atoms with E-state index in [0.29, 0.717) is 23.5 Å². The van der Waals surface area contributed by atoms with Gasteiger partial charge in [0.05, 0.1) is 12.1 Å². The van der Waals surface area contributed by atoms with Gasteiger partial charge in [-0.3, -0.25) is 14.4 Å². The molecule has 1 saturated heterocycles. The van der Waals surface area contributed by atoms with Crippen molar-refractivity contribution in [1.29, 1.82) is 0 Å². The predicted molar refractivity (Wildman–Crippen MR) is 82.5 cm³/mol. The van der Waals surface area contributed by atoms with Crippen molar-refractivity contribution in [1.82, 2.24) is 4.90 Å². The average Bonchev–Trinajstić information content (AvgIpc) is 2.97. The first-order chi connectivity index (χ1) is 9.79. The standard InChI is InChI=1S/C15H20N2O3S/c1-15(2,3)13(20)10-6-8-21-14(10)16-11(18)9-17-7-4-5-12(17)19/h6,8H,4-5,7,9H2,1-3H3,(H,16,18). The molecule has 2 heterocycles. The zero-order valence-electron chi connectivity index (χ0n) is 12.6. The second kappa shape index (κ2) is 5.97. The Labute approximate surface area is 128 Å². The minimum atomic E-state index is -0.495. The minimum Gasteiger partial charge on any atom is -0.333 e. The lowest BCUT2D eigenvalue weighted by Gasteiger charge is -2.18. The van der Waals surface area contributed by atoms with Gasteiger partial charge < -0.3 is 10.2 Å². The van der Waals surface area contributed by atoms with Crippen molar-refractivity contribution in [3.63, 3.8) is 0 Å². The second-order valence-electron chi connectivity index (χ2n) is 6.21. The number of anilines is 1. The summed E-state index contributed by atoms with van der Waals surface area (Å²) in [5.41, 5.74) is 0.0412. The summed E-state index contributed by atoms with van der Waals surface area (Å²) in [4.78, 5) is 37.4. The van der Waals surface area contributed by atoms with E-state index in [1.165, 1.54) is 11.3 Å². The fourth-order valence-electron chi connectivity index (χ4n) is 2.20. The second-order valence-corrected chi connectivity index (χ2v) is 7.13. The highest BCUT2D eigenvalue weighted by Crippen LogP contribution is 2.30. The number of likely N-dealkylation sites (tertiary alicyclic amines) is 1. The highest BCUT2D eigenvalue weighted by molar-refractivity contribution is 7.14. The van der Waals surface area contributed by atoms with Crippen LogP contribution in [0.2, 0.25) is 0 Å². The van der Waals surface area contributed by atoms with Crippen molar-refractivity contribution in [3.8, 4) is 0 Å². The van der Waals surface area contributed by atoms with E-state index in [1.807, 2.05) is 20.8 Å². The quantitative estimate of drug-likeness (QED) is 0.869. The molecule has 2 amide bonds. The first kappa shape index (κ1) is 15.7. The van der Waals surface area contributed by atoms with Crippen LogP contribution in [0.1, 0.15) is 44.0 Å². The van der Waals surface area contributed by atoms with Gasteiger partial charge in [-0.1, -0.05) is 20.8 Å². The van der Waals surface area contributed by atoms with E-state index < -0.39 is 5.41 Å². The van der Waals surface area contributed by atoms with Gasteiger partial charge in [0.1, 0.15) is 5.00 Å². The molecule has 21 heavy (non-hydrogen) atoms. The molecule has 0 aliphatic carbocycles. The Morgan fingerprint density at radius 3 is 2.67 bits per heavy atom. The third-order valence-electron chi connectivity index (χ3n) is 3.35. The van der Waals surface area contributed by atoms with E-state index in [9.17, 15) is 14.4 Å². The monoisotopic (exact) mass is 308 g/mol. The number of nitrogens with zero attached hydrogens (tertiary/aromatic N) is 1. The molecule has 0 aromatic carbocycles. The van der Waals surface area contributed by atoms with Crippen LogP contribution in [0.15, 0.2) is 11.4 Å². The van der Waals surface area contributed by atoms with E-state index in [0.717, 1.165) is 6.42 Å². The maximum atomic E-state index is 12.3. The molecule has 114 valence electrons. The molecular formula is C15H20N2O3S. The SMILES string of the molecule is CC(C)(C)C(=O)c1ccsc1NC(=O)CN1CCCC1=O. The number of nitrogens with one attached hydrogen (secondary N) is 1. The number of thiophene rings is 1. The summed E-state index contributed by atoms with van der Waals surface area (Å²) < 4.78 is 0. The lowest BCUT2D eigenvalue weighted by molar-refractivity contribution is -0.131. The van der Waals surface area contributed by atoms with Gasteiger partial charge in [-0.15, -0.1) is 11.3 Å². The topological polar surface area (TPSA) is 66.5 Å². The fourth-order valence-corrected chi connectivity index (χ4v) is 3.00. The van der Waals surface area contributed by atoms with Crippen molar-refractivity contribution in [3.05, 3.63) is 17.0 Å². The molecule has 1 aromatic rings. The van der Waals surface area contributed by atoms with Crippen LogP contribution >= 0.6 is 11.3 Å². The Morgan fingerprint density at radius 2 is 2.10 bits per heavy atom. The Kier molecular flexibility index (Phi) is 4.46. The van der Waals surface area contributed by atoms with Crippen LogP contribution in [-0.2, 0) is 9.59 Å². The van der Waals surface area contributed by atoms with Crippen LogP contribution in [0.5, 0.6) is 0 Å². The van der Waals surface area contributed by atoms with Crippen LogP contribution in [0.25, 0.3) is 0 Å². The van der Waals surface area contributed by atoms with Crippen molar-refractivity contribution in [2.45, 2.75) is 33.6 Å². The van der Waals surface area contributed by atoms with Crippen molar-refractivity contribution in [2.24, 2.45) is 5.41 Å². The number of ketones is 1. The van der Waals surface area contributed by atoms with E-state index >= 15 is 0 Å². The van der Waals surface area contributed by atoms with Crippen LogP contribution in [0.4, 0.5) is 5.00 Å². The van der Waals surface area contributed by atoms with Crippen LogP contribution in [-0.4, -0.2) is 35.6 Å². The van der Waals surface area contributed by atoms with Crippen molar-refractivity contribution in [2.75, 3.05) is 18.4 Å². The van der Waals surface area contributed by atoms with Crippen LogP contribution < -0.4 is 5.32 Å². The lowest BCUT2D eigenvalue weighted by Crippen LogP contribution is -2.34. The molecule has 6 heteroatoms. The zero-order valence-corrected chi connectivity index (χ0v) is 13.4. The van der Waals surface area contributed by atoms with Gasteiger partial charge >= 0.3 is 0 Å². The smallest absolute Gasteiger partial charge is 0.244 e. The molecule has 0 bridgehead atoms. The minimum absolute atomic E-state index is 0.00343. The molecule has 0 atom stereocenters. The fraction of sp³-hybridized carbons (Fsp3) is 0.533. The summed E-state index contributed by atoms with van der Waals surface area (Å²) in [6, 6.07) is 1.73. The van der Waals surface area contributed by atoms with E-state index in [-0.39, 0.29) is 24.1 Å². The highest BCUT2D eigenvalue weighted by Gasteiger charge is 2.27. The summed E-state index contributed by atoms with van der Waals surface area (Å²) >= 11 is 1.32. The molecule has 1 N–H and O–H groups in total. The van der Waals surface area contributed by atoms with Gasteiger partial charge in [0.25, 0.3) is 0 Å². The molecule has 5 nitrogen and oxygen atoms in total. The largest absolute Gasteiger partial charge is 0.333 e. The van der Waals surface area contributed by atoms with E-state index in [1.54, 1.807) is 16.3 Å². The van der Waals surface area contributed by atoms with Gasteiger partial charge in [-0.2, -0.15) is 0 Å². The van der Waals surface area contributed by atoms with Gasteiger partial charge in [-0.05, 0) is 17.9 Å². The number of hydrogen-bond acceptors (Lipinski definition) is 4. The summed E-state index contributed by atoms with van der Waals surface area (Å²) in [6.07, 6.45) is 1.32. The predicted octanol–water partition coefficient (Wildman–Crippen LogP) is 2.54. The Hall–Kier alpha value is -1.69. The number of carbonyl (C=O) groups excluding carboxylic acids is 3. The maximum absolute atomic E-state index is 12.3. The van der Waals surface area contributed by atoms with Gasteiger partial charge in [-0.25, -0.2) is 0 Å². The van der Waals surface area contributed by atoms with E-state index in [4.69, 9.17) is 0 Å². The first-order valence-corrected chi connectivity index (χ1v) is 7.87. The summed E-state index contributed by atoms with van der Waals surface area (Å²) in [7, 11) is 0. The van der Waals surface area contributed by atoms with Gasteiger partial charge in [0.2, 0.25) is 11.8 Å². The number of hydrogen-bond donors (Lipinski definition) is 1. The molecule has 0 unspecified atom stereocenters. The van der Waals surface area contributed by atoms with Crippen molar-refractivity contribution < 1.29 is 14.4 Å². The molecule has 0 radical (unpaired) electrons. The molecule has 1 fully saturated rings. The van der Waals surface area contributed by atoms with Crippen LogP contribution in [0.3, 0.4) is 0 Å². The van der Waals surface area contributed by atoms with Gasteiger partial charge in [0, 0.05) is 18.4 Å². The molecule has 0 spiro atoms. The Bertz CT molecular complexity index is 572. The van der Waals surface area contributed by atoms with E-state index in [2.05, 4.69) is 5.32 Å². The maximum Gasteiger partial charge on any atom is 0.244 e. The molecule has 0 saturated carbocycles. The zero-order chi connectivity index (χ0) is 15.6. The summed E-state index contributed by atoms with van der Waals surface area (Å²) in [6.45, 7) is 6.23. The third kappa shape index (κ3) is 3.69. The summed E-state index contributed by atoms with van der Waals surface area (Å²) in [5.74, 6) is -0.241. The molecule has 1 aliphatic heterocycles. The van der Waals surface area contributed by atoms with Gasteiger partial charge in [0.15, 0.2) is 5.78 Å². The highest BCUT2D eigenvalue weighted by atomic mass is 32.1. The molecule has 1 aliphatic rings. The number of carbonyl (C=O) groups is 3. The number of amides is 2. The van der Waals surface area contributed by atoms with Crippen LogP contribution in [0, 0.1) is 5.41 Å². The van der Waals surface area contributed by atoms with Crippen molar-refractivity contribution >= 4 is 33.9 Å². The average molecular weight is 308 g/mol. The molecular weight excluding hydrogens is 288 g/mol. The molecule has 2 rings (SSSR count). The Morgan fingerprint density at radius 1 is 1.38 bits per heavy atom. The lowest BCUT2D eigenvalue weighted by atomic mass is 9.87. The Balaban J connectivity index is 2.03.